The highest BCUT2D eigenvalue weighted by Crippen LogP contribution is 2.27. The Bertz CT molecular complexity index is 1400. The van der Waals surface area contributed by atoms with E-state index in [-0.39, 0.29) is 18.4 Å². The third-order valence-corrected chi connectivity index (χ3v) is 5.37. The number of nitrogens with one attached hydrogen (secondary N) is 1. The van der Waals surface area contributed by atoms with E-state index in [9.17, 15) is 9.59 Å². The minimum absolute atomic E-state index is 0.117. The minimum atomic E-state index is -0.321. The number of methoxy groups -OCH3 is 1. The zero-order valence-electron chi connectivity index (χ0n) is 18.9. The summed E-state index contributed by atoms with van der Waals surface area (Å²) in [5.74, 6) is 2.67. The molecule has 0 aliphatic heterocycles. The molecule has 0 atom stereocenters. The number of rotatable bonds is 6. The van der Waals surface area contributed by atoms with E-state index in [4.69, 9.17) is 16.1 Å². The normalized spacial score (nSPS) is 10.4. The van der Waals surface area contributed by atoms with Crippen LogP contribution in [0.2, 0.25) is 0 Å². The summed E-state index contributed by atoms with van der Waals surface area (Å²) in [4.78, 5) is 32.1. The highest BCUT2D eigenvalue weighted by molar-refractivity contribution is 6.08. The molecular formula is C28H23N3O3. The molecule has 34 heavy (non-hydrogen) atoms. The molecule has 1 aromatic heterocycles. The summed E-state index contributed by atoms with van der Waals surface area (Å²) in [5.41, 5.74) is 3.93. The number of hydrogen-bond donors (Lipinski definition) is 1. The minimum Gasteiger partial charge on any atom is -0.497 e. The molecule has 0 bridgehead atoms. The number of para-hydroxylation sites is 1. The molecule has 0 radical (unpaired) electrons. The number of likely N-dealkylation sites (N-methyl/N-ethyl adjacent to an activating group) is 1. The summed E-state index contributed by atoms with van der Waals surface area (Å²) >= 11 is 0. The van der Waals surface area contributed by atoms with E-state index in [2.05, 4.69) is 11.2 Å². The number of amides is 2. The number of carbonyl (C=O) groups excluding carboxylic acids is 2. The van der Waals surface area contributed by atoms with Crippen molar-refractivity contribution in [3.8, 4) is 29.4 Å². The van der Waals surface area contributed by atoms with Crippen LogP contribution in [0.15, 0.2) is 78.9 Å². The Hall–Kier alpha value is -4.63. The molecular weight excluding hydrogens is 426 g/mol. The summed E-state index contributed by atoms with van der Waals surface area (Å²) in [6.07, 6.45) is 5.42. The van der Waals surface area contributed by atoms with Gasteiger partial charge in [0.05, 0.1) is 30.4 Å². The van der Waals surface area contributed by atoms with Gasteiger partial charge >= 0.3 is 0 Å². The van der Waals surface area contributed by atoms with Crippen molar-refractivity contribution in [2.24, 2.45) is 0 Å². The first-order valence-corrected chi connectivity index (χ1v) is 10.6. The van der Waals surface area contributed by atoms with E-state index in [0.717, 1.165) is 16.7 Å². The molecule has 1 N–H and O–H groups in total. The van der Waals surface area contributed by atoms with E-state index in [0.29, 0.717) is 28.0 Å². The number of ether oxygens (including phenoxy) is 1. The lowest BCUT2D eigenvalue weighted by atomic mass is 10.0. The maximum Gasteiger partial charge on any atom is 0.254 e. The van der Waals surface area contributed by atoms with Crippen LogP contribution < -0.4 is 10.1 Å². The van der Waals surface area contributed by atoms with E-state index in [1.165, 1.54) is 4.90 Å². The maximum absolute atomic E-state index is 13.4. The van der Waals surface area contributed by atoms with Gasteiger partial charge in [-0.2, -0.15) is 0 Å². The van der Waals surface area contributed by atoms with Crippen LogP contribution in [0.1, 0.15) is 15.9 Å². The van der Waals surface area contributed by atoms with Crippen LogP contribution in [-0.4, -0.2) is 42.4 Å². The van der Waals surface area contributed by atoms with Gasteiger partial charge in [-0.25, -0.2) is 4.98 Å². The molecule has 168 valence electrons. The molecule has 0 spiro atoms. The molecule has 2 amide bonds. The molecule has 1 heterocycles. The van der Waals surface area contributed by atoms with E-state index in [1.807, 2.05) is 48.5 Å². The van der Waals surface area contributed by atoms with Gasteiger partial charge in [0.2, 0.25) is 5.91 Å². The van der Waals surface area contributed by atoms with Gasteiger partial charge in [-0.3, -0.25) is 9.59 Å². The average Bonchev–Trinajstić information content (AvgIpc) is 2.87. The van der Waals surface area contributed by atoms with E-state index in [1.54, 1.807) is 44.5 Å². The quantitative estimate of drug-likeness (QED) is 0.437. The van der Waals surface area contributed by atoms with Crippen molar-refractivity contribution in [3.05, 3.63) is 90.0 Å². The third-order valence-electron chi connectivity index (χ3n) is 5.37. The number of fused-ring (bicyclic) bond motifs is 1. The Kier molecular flexibility index (Phi) is 6.56. The van der Waals surface area contributed by atoms with Gasteiger partial charge in [0.1, 0.15) is 5.75 Å². The van der Waals surface area contributed by atoms with Gasteiger partial charge in [-0.1, -0.05) is 30.2 Å². The molecule has 0 fully saturated rings. The predicted molar refractivity (Wildman–Crippen MR) is 134 cm³/mol. The van der Waals surface area contributed by atoms with Crippen molar-refractivity contribution in [3.63, 3.8) is 0 Å². The lowest BCUT2D eigenvalue weighted by molar-refractivity contribution is -0.116. The fourth-order valence-electron chi connectivity index (χ4n) is 3.64. The first-order valence-electron chi connectivity index (χ1n) is 10.6. The highest BCUT2D eigenvalue weighted by atomic mass is 16.5. The Morgan fingerprint density at radius 3 is 2.53 bits per heavy atom. The Labute approximate surface area is 198 Å². The summed E-state index contributed by atoms with van der Waals surface area (Å²) in [6.45, 7) is -0.117. The van der Waals surface area contributed by atoms with Crippen molar-refractivity contribution in [1.29, 1.82) is 0 Å². The lowest BCUT2D eigenvalue weighted by Gasteiger charge is -2.19. The van der Waals surface area contributed by atoms with E-state index < -0.39 is 0 Å². The monoisotopic (exact) mass is 449 g/mol. The lowest BCUT2D eigenvalue weighted by Crippen LogP contribution is -2.35. The Morgan fingerprint density at radius 1 is 1.03 bits per heavy atom. The van der Waals surface area contributed by atoms with Crippen LogP contribution in [0.5, 0.6) is 5.75 Å². The van der Waals surface area contributed by atoms with Crippen LogP contribution in [0, 0.1) is 12.3 Å². The predicted octanol–water partition coefficient (Wildman–Crippen LogP) is 4.60. The van der Waals surface area contributed by atoms with Gasteiger partial charge < -0.3 is 15.0 Å². The van der Waals surface area contributed by atoms with Crippen molar-refractivity contribution >= 4 is 28.4 Å². The van der Waals surface area contributed by atoms with Gasteiger partial charge in [0.15, 0.2) is 0 Å². The Balaban J connectivity index is 1.60. The summed E-state index contributed by atoms with van der Waals surface area (Å²) < 4.78 is 5.23. The largest absolute Gasteiger partial charge is 0.497 e. The molecule has 0 saturated carbocycles. The van der Waals surface area contributed by atoms with Gasteiger partial charge in [-0.15, -0.1) is 6.42 Å². The average molecular weight is 450 g/mol. The van der Waals surface area contributed by atoms with Crippen molar-refractivity contribution in [2.45, 2.75) is 0 Å². The zero-order valence-corrected chi connectivity index (χ0v) is 18.9. The number of nitrogens with zero attached hydrogens (tertiary/aromatic N) is 2. The summed E-state index contributed by atoms with van der Waals surface area (Å²) in [5, 5.41) is 3.51. The number of anilines is 1. The number of aromatic nitrogens is 1. The number of carbonyl (C=O) groups is 2. The molecule has 3 aromatic carbocycles. The molecule has 6 heteroatoms. The standard InChI is InChI=1S/C28H23N3O3/c1-4-19-8-7-9-21(16-19)29-27(32)18-31(2)28(33)24-17-26(20-12-14-22(34-3)15-13-20)30-25-11-6-5-10-23(24)25/h1,5-17H,18H2,2-3H3,(H,29,32). The van der Waals surface area contributed by atoms with Crippen LogP contribution in [0.4, 0.5) is 5.69 Å². The second-order valence-corrected chi connectivity index (χ2v) is 7.74. The number of benzene rings is 3. The molecule has 4 aromatic rings. The van der Waals surface area contributed by atoms with Crippen molar-refractivity contribution in [2.75, 3.05) is 26.0 Å². The molecule has 0 aliphatic carbocycles. The summed E-state index contributed by atoms with van der Waals surface area (Å²) in [7, 11) is 3.21. The first kappa shape index (κ1) is 22.6. The fraction of sp³-hybridized carbons (Fsp3) is 0.107. The molecule has 4 rings (SSSR count). The van der Waals surface area contributed by atoms with Gasteiger partial charge in [-0.05, 0) is 54.6 Å². The fourth-order valence-corrected chi connectivity index (χ4v) is 3.64. The first-order chi connectivity index (χ1) is 16.5. The van der Waals surface area contributed by atoms with Gasteiger partial charge in [0.25, 0.3) is 5.91 Å². The van der Waals surface area contributed by atoms with Crippen LogP contribution in [0.3, 0.4) is 0 Å². The highest BCUT2D eigenvalue weighted by Gasteiger charge is 2.19. The smallest absolute Gasteiger partial charge is 0.254 e. The zero-order chi connectivity index (χ0) is 24.1. The number of terminal acetylenes is 1. The van der Waals surface area contributed by atoms with Crippen molar-refractivity contribution < 1.29 is 14.3 Å². The maximum atomic E-state index is 13.4. The van der Waals surface area contributed by atoms with Crippen LogP contribution >= 0.6 is 0 Å². The topological polar surface area (TPSA) is 71.5 Å². The van der Waals surface area contributed by atoms with Crippen LogP contribution in [-0.2, 0) is 4.79 Å². The number of hydrogen-bond acceptors (Lipinski definition) is 4. The van der Waals surface area contributed by atoms with Crippen LogP contribution in [0.25, 0.3) is 22.2 Å². The third kappa shape index (κ3) is 4.89. The second-order valence-electron chi connectivity index (χ2n) is 7.74. The molecule has 0 saturated heterocycles. The van der Waals surface area contributed by atoms with Gasteiger partial charge in [0, 0.05) is 29.2 Å². The SMILES string of the molecule is C#Cc1cccc(NC(=O)CN(C)C(=O)c2cc(-c3ccc(OC)cc3)nc3ccccc23)c1. The number of pyridine rings is 1. The van der Waals surface area contributed by atoms with Crippen molar-refractivity contribution in [1.82, 2.24) is 9.88 Å². The second kappa shape index (κ2) is 9.88. The summed E-state index contributed by atoms with van der Waals surface area (Å²) in [6, 6.07) is 23.7. The Morgan fingerprint density at radius 2 is 1.79 bits per heavy atom. The molecule has 0 aliphatic rings. The molecule has 6 nitrogen and oxygen atoms in total. The van der Waals surface area contributed by atoms with E-state index >= 15 is 0 Å². The molecule has 0 unspecified atom stereocenters.